The Kier molecular flexibility index (Phi) is 3.33. The predicted molar refractivity (Wildman–Crippen MR) is 69.7 cm³/mol. The molecule has 0 atom stereocenters. The van der Waals surface area contributed by atoms with Crippen LogP contribution in [0.15, 0.2) is 43.1 Å². The molecule has 2 aromatic rings. The van der Waals surface area contributed by atoms with Crippen molar-refractivity contribution in [1.29, 1.82) is 0 Å². The van der Waals surface area contributed by atoms with Crippen molar-refractivity contribution in [3.63, 3.8) is 0 Å². The molecule has 2 rings (SSSR count). The van der Waals surface area contributed by atoms with E-state index in [0.29, 0.717) is 16.7 Å². The molecule has 1 heterocycles. The van der Waals surface area contributed by atoms with E-state index in [-0.39, 0.29) is 11.5 Å². The molecule has 0 bridgehead atoms. The van der Waals surface area contributed by atoms with Crippen LogP contribution in [0, 0.1) is 5.82 Å². The fourth-order valence-corrected chi connectivity index (χ4v) is 1.66. The van der Waals surface area contributed by atoms with Crippen LogP contribution >= 0.6 is 0 Å². The van der Waals surface area contributed by atoms with Crippen molar-refractivity contribution in [3.8, 4) is 11.1 Å². The second-order valence-corrected chi connectivity index (χ2v) is 4.07. The summed E-state index contributed by atoms with van der Waals surface area (Å²) in [4.78, 5) is 14.6. The highest BCUT2D eigenvalue weighted by molar-refractivity contribution is 5.77. The Labute approximate surface area is 105 Å². The molecule has 0 spiro atoms. The average molecular weight is 241 g/mol. The summed E-state index contributed by atoms with van der Waals surface area (Å²) < 4.78 is 13.8. The maximum absolute atomic E-state index is 13.8. The third kappa shape index (κ3) is 2.35. The molecule has 0 amide bonds. The largest absolute Gasteiger partial charge is 0.298 e. The molecule has 0 unspecified atom stereocenters. The van der Waals surface area contributed by atoms with Gasteiger partial charge in [-0.15, -0.1) is 0 Å². The first kappa shape index (κ1) is 12.2. The van der Waals surface area contributed by atoms with E-state index in [2.05, 4.69) is 11.6 Å². The SMILES string of the molecule is C=C(C)c1ncc(-c2ccc(C=O)cc2)cc1F. The monoisotopic (exact) mass is 241 g/mol. The highest BCUT2D eigenvalue weighted by atomic mass is 19.1. The minimum Gasteiger partial charge on any atom is -0.298 e. The summed E-state index contributed by atoms with van der Waals surface area (Å²) in [6.07, 6.45) is 2.37. The van der Waals surface area contributed by atoms with Crippen molar-refractivity contribution in [2.24, 2.45) is 0 Å². The van der Waals surface area contributed by atoms with Crippen LogP contribution in [0.25, 0.3) is 16.7 Å². The zero-order valence-electron chi connectivity index (χ0n) is 9.98. The molecule has 1 aromatic carbocycles. The molecule has 3 heteroatoms. The van der Waals surface area contributed by atoms with Gasteiger partial charge in [-0.2, -0.15) is 0 Å². The van der Waals surface area contributed by atoms with Gasteiger partial charge in [-0.25, -0.2) is 4.39 Å². The van der Waals surface area contributed by atoms with Gasteiger partial charge in [0.2, 0.25) is 0 Å². The maximum atomic E-state index is 13.8. The summed E-state index contributed by atoms with van der Waals surface area (Å²) in [6.45, 7) is 5.38. The molecule has 18 heavy (non-hydrogen) atoms. The number of carbonyl (C=O) groups is 1. The highest BCUT2D eigenvalue weighted by Gasteiger charge is 2.07. The standard InChI is InChI=1S/C15H12FNO/c1-10(2)15-14(16)7-13(8-17-15)12-5-3-11(9-18)4-6-12/h3-9H,1H2,2H3. The Morgan fingerprint density at radius 1 is 1.28 bits per heavy atom. The Hall–Kier alpha value is -2.29. The lowest BCUT2D eigenvalue weighted by Crippen LogP contribution is -1.92. The van der Waals surface area contributed by atoms with Crippen LogP contribution in [-0.4, -0.2) is 11.3 Å². The smallest absolute Gasteiger partial charge is 0.150 e. The molecule has 0 aliphatic heterocycles. The zero-order chi connectivity index (χ0) is 13.1. The first-order valence-electron chi connectivity index (χ1n) is 5.49. The van der Waals surface area contributed by atoms with Crippen molar-refractivity contribution >= 4 is 11.9 Å². The molecule has 0 N–H and O–H groups in total. The van der Waals surface area contributed by atoms with Gasteiger partial charge in [0.1, 0.15) is 17.8 Å². The molecular weight excluding hydrogens is 229 g/mol. The Morgan fingerprint density at radius 3 is 2.44 bits per heavy atom. The minimum absolute atomic E-state index is 0.281. The Morgan fingerprint density at radius 2 is 1.94 bits per heavy atom. The molecule has 1 aromatic heterocycles. The van der Waals surface area contributed by atoms with Gasteiger partial charge < -0.3 is 0 Å². The Balaban J connectivity index is 2.41. The molecule has 0 fully saturated rings. The molecule has 2 nitrogen and oxygen atoms in total. The predicted octanol–water partition coefficient (Wildman–Crippen LogP) is 3.73. The number of aldehydes is 1. The number of hydrogen-bond acceptors (Lipinski definition) is 2. The number of rotatable bonds is 3. The van der Waals surface area contributed by atoms with E-state index in [1.165, 1.54) is 6.07 Å². The third-order valence-corrected chi connectivity index (χ3v) is 2.63. The lowest BCUT2D eigenvalue weighted by atomic mass is 10.0. The van der Waals surface area contributed by atoms with E-state index >= 15 is 0 Å². The number of halogens is 1. The molecule has 0 aliphatic carbocycles. The second-order valence-electron chi connectivity index (χ2n) is 4.07. The number of carbonyl (C=O) groups excluding carboxylic acids is 1. The van der Waals surface area contributed by atoms with Gasteiger partial charge in [-0.3, -0.25) is 9.78 Å². The van der Waals surface area contributed by atoms with Crippen LogP contribution in [0.4, 0.5) is 4.39 Å². The van der Waals surface area contributed by atoms with Gasteiger partial charge in [0.05, 0.1) is 0 Å². The summed E-state index contributed by atoms with van der Waals surface area (Å²) in [5, 5.41) is 0. The van der Waals surface area contributed by atoms with E-state index in [0.717, 1.165) is 11.8 Å². The summed E-state index contributed by atoms with van der Waals surface area (Å²) >= 11 is 0. The van der Waals surface area contributed by atoms with Crippen LogP contribution in [0.1, 0.15) is 23.0 Å². The number of benzene rings is 1. The van der Waals surface area contributed by atoms with E-state index in [4.69, 9.17) is 0 Å². The summed E-state index contributed by atoms with van der Waals surface area (Å²) in [7, 11) is 0. The lowest BCUT2D eigenvalue weighted by Gasteiger charge is -2.05. The average Bonchev–Trinajstić information content (AvgIpc) is 2.38. The molecule has 0 saturated carbocycles. The topological polar surface area (TPSA) is 30.0 Å². The number of allylic oxidation sites excluding steroid dienone is 1. The first-order chi connectivity index (χ1) is 8.61. The normalized spacial score (nSPS) is 10.1. The molecule has 90 valence electrons. The Bertz CT molecular complexity index is 602. The summed E-state index contributed by atoms with van der Waals surface area (Å²) in [6, 6.07) is 8.33. The molecule has 0 radical (unpaired) electrons. The van der Waals surface area contributed by atoms with E-state index < -0.39 is 0 Å². The highest BCUT2D eigenvalue weighted by Crippen LogP contribution is 2.22. The molecular formula is C15H12FNO. The van der Waals surface area contributed by atoms with Gasteiger partial charge in [-0.05, 0) is 24.1 Å². The van der Waals surface area contributed by atoms with E-state index in [1.807, 2.05) is 0 Å². The lowest BCUT2D eigenvalue weighted by molar-refractivity contribution is 0.112. The van der Waals surface area contributed by atoms with Crippen molar-refractivity contribution < 1.29 is 9.18 Å². The minimum atomic E-state index is -0.389. The van der Waals surface area contributed by atoms with Gasteiger partial charge in [0.25, 0.3) is 0 Å². The maximum Gasteiger partial charge on any atom is 0.150 e. The second kappa shape index (κ2) is 4.92. The van der Waals surface area contributed by atoms with E-state index in [9.17, 15) is 9.18 Å². The van der Waals surface area contributed by atoms with Crippen molar-refractivity contribution in [1.82, 2.24) is 4.98 Å². The van der Waals surface area contributed by atoms with Crippen molar-refractivity contribution in [2.75, 3.05) is 0 Å². The van der Waals surface area contributed by atoms with Crippen LogP contribution in [0.3, 0.4) is 0 Å². The number of aromatic nitrogens is 1. The molecule has 0 saturated heterocycles. The summed E-state index contributed by atoms with van der Waals surface area (Å²) in [5.74, 6) is -0.389. The van der Waals surface area contributed by atoms with Gasteiger partial charge in [0.15, 0.2) is 0 Å². The fourth-order valence-electron chi connectivity index (χ4n) is 1.66. The number of hydrogen-bond donors (Lipinski definition) is 0. The van der Waals surface area contributed by atoms with Gasteiger partial charge in [-0.1, -0.05) is 30.8 Å². The van der Waals surface area contributed by atoms with Crippen LogP contribution in [0.2, 0.25) is 0 Å². The molecule has 0 aliphatic rings. The first-order valence-corrected chi connectivity index (χ1v) is 5.49. The van der Waals surface area contributed by atoms with E-state index in [1.54, 1.807) is 37.4 Å². The van der Waals surface area contributed by atoms with Gasteiger partial charge >= 0.3 is 0 Å². The number of nitrogens with zero attached hydrogens (tertiary/aromatic N) is 1. The van der Waals surface area contributed by atoms with Crippen LogP contribution in [-0.2, 0) is 0 Å². The third-order valence-electron chi connectivity index (χ3n) is 2.63. The summed E-state index contributed by atoms with van der Waals surface area (Å²) in [5.41, 5.74) is 2.96. The van der Waals surface area contributed by atoms with Crippen molar-refractivity contribution in [2.45, 2.75) is 6.92 Å². The van der Waals surface area contributed by atoms with Crippen LogP contribution in [0.5, 0.6) is 0 Å². The van der Waals surface area contributed by atoms with Crippen LogP contribution < -0.4 is 0 Å². The number of pyridine rings is 1. The van der Waals surface area contributed by atoms with Gasteiger partial charge in [0, 0.05) is 17.3 Å². The zero-order valence-corrected chi connectivity index (χ0v) is 9.98. The van der Waals surface area contributed by atoms with Crippen molar-refractivity contribution in [3.05, 3.63) is 60.2 Å². The fraction of sp³-hybridized carbons (Fsp3) is 0.0667. The quantitative estimate of drug-likeness (QED) is 0.766.